The maximum absolute atomic E-state index is 12.7. The minimum atomic E-state index is -3.38. The van der Waals surface area contributed by atoms with Crippen LogP contribution in [0.15, 0.2) is 30.3 Å². The third kappa shape index (κ3) is 6.15. The summed E-state index contributed by atoms with van der Waals surface area (Å²) in [6.45, 7) is 5.48. The first kappa shape index (κ1) is 23.6. The van der Waals surface area contributed by atoms with E-state index in [1.807, 2.05) is 18.2 Å². The van der Waals surface area contributed by atoms with Gasteiger partial charge in [0.1, 0.15) is 0 Å². The molecule has 4 nitrogen and oxygen atoms in total. The van der Waals surface area contributed by atoms with E-state index in [-0.39, 0.29) is 47.4 Å². The molecule has 0 spiro atoms. The van der Waals surface area contributed by atoms with Gasteiger partial charge in [-0.2, -0.15) is 0 Å². The van der Waals surface area contributed by atoms with Crippen molar-refractivity contribution in [3.05, 3.63) is 35.9 Å². The van der Waals surface area contributed by atoms with Crippen molar-refractivity contribution >= 4 is 7.37 Å². The smallest absolute Gasteiger partial charge is 0.799 e. The normalized spacial score (nSPS) is 29.1. The van der Waals surface area contributed by atoms with Gasteiger partial charge in [-0.3, -0.25) is 0 Å². The van der Waals surface area contributed by atoms with Gasteiger partial charge in [0.05, 0.1) is 18.2 Å². The van der Waals surface area contributed by atoms with Gasteiger partial charge in [-0.05, 0) is 23.6 Å². The van der Waals surface area contributed by atoms with Gasteiger partial charge in [-0.25, -0.2) is 0 Å². The van der Waals surface area contributed by atoms with Crippen LogP contribution in [0.3, 0.4) is 0 Å². The van der Waals surface area contributed by atoms with Gasteiger partial charge in [-0.1, -0.05) is 76.3 Å². The molecule has 1 aromatic rings. The van der Waals surface area contributed by atoms with Crippen LogP contribution in [-0.2, 0) is 14.8 Å². The first-order valence-electron chi connectivity index (χ1n) is 10.1. The van der Waals surface area contributed by atoms with Crippen molar-refractivity contribution in [2.75, 3.05) is 25.5 Å². The zero-order chi connectivity index (χ0) is 18.6. The molecule has 2 aliphatic rings. The minimum Gasteiger partial charge on any atom is -0.799 e. The Labute approximate surface area is 186 Å². The molecule has 3 rings (SSSR count). The number of ether oxygens (including phenoxy) is 1. The summed E-state index contributed by atoms with van der Waals surface area (Å²) >= 11 is 0. The molecule has 1 heterocycles. The first-order valence-corrected chi connectivity index (χ1v) is 12.1. The zero-order valence-corrected chi connectivity index (χ0v) is 20.0. The van der Waals surface area contributed by atoms with Crippen molar-refractivity contribution in [3.63, 3.8) is 0 Å². The van der Waals surface area contributed by atoms with E-state index in [2.05, 4.69) is 31.3 Å². The SMILES string of the molecule is CC(C)C1(c2ccccc2)COC(CP(=O)([O-])CC2CCCCC2)CN1.[Na+]. The van der Waals surface area contributed by atoms with E-state index in [0.717, 1.165) is 12.8 Å². The first-order chi connectivity index (χ1) is 12.4. The Hall–Kier alpha value is 0.330. The van der Waals surface area contributed by atoms with Gasteiger partial charge in [-0.15, -0.1) is 0 Å². The summed E-state index contributed by atoms with van der Waals surface area (Å²) in [4.78, 5) is 12.7. The second-order valence-corrected chi connectivity index (χ2v) is 10.8. The summed E-state index contributed by atoms with van der Waals surface area (Å²) in [6.07, 6.45) is 6.05. The average molecular weight is 401 g/mol. The fraction of sp³-hybridized carbons (Fsp3) is 0.714. The minimum absolute atomic E-state index is 0. The summed E-state index contributed by atoms with van der Waals surface area (Å²) in [5.74, 6) is 0.717. The van der Waals surface area contributed by atoms with Crippen molar-refractivity contribution < 1.29 is 43.8 Å². The van der Waals surface area contributed by atoms with Crippen molar-refractivity contribution in [3.8, 4) is 0 Å². The van der Waals surface area contributed by atoms with Crippen molar-refractivity contribution in [1.29, 1.82) is 0 Å². The Morgan fingerprint density at radius 3 is 2.41 bits per heavy atom. The Morgan fingerprint density at radius 1 is 1.19 bits per heavy atom. The van der Waals surface area contributed by atoms with Gasteiger partial charge >= 0.3 is 29.6 Å². The zero-order valence-electron chi connectivity index (χ0n) is 17.2. The second-order valence-electron chi connectivity index (χ2n) is 8.49. The molecule has 6 heteroatoms. The fourth-order valence-electron chi connectivity index (χ4n) is 4.55. The number of morpholine rings is 1. The second kappa shape index (κ2) is 10.4. The van der Waals surface area contributed by atoms with Crippen LogP contribution in [0.2, 0.25) is 0 Å². The molecular formula is C21H33NNaO3P. The van der Waals surface area contributed by atoms with Crippen LogP contribution in [-0.4, -0.2) is 31.6 Å². The van der Waals surface area contributed by atoms with Gasteiger partial charge in [0.2, 0.25) is 0 Å². The van der Waals surface area contributed by atoms with Gasteiger partial charge in [0.15, 0.2) is 0 Å². The van der Waals surface area contributed by atoms with E-state index >= 15 is 0 Å². The molecule has 1 aliphatic carbocycles. The maximum Gasteiger partial charge on any atom is 1.00 e. The van der Waals surface area contributed by atoms with Crippen LogP contribution in [0.4, 0.5) is 0 Å². The predicted octanol–water partition coefficient (Wildman–Crippen LogP) is 0.749. The fourth-order valence-corrected chi connectivity index (χ4v) is 6.70. The van der Waals surface area contributed by atoms with E-state index in [1.54, 1.807) is 0 Å². The molecule has 2 fully saturated rings. The molecule has 0 bridgehead atoms. The molecule has 1 saturated heterocycles. The quantitative estimate of drug-likeness (QED) is 0.565. The molecular weight excluding hydrogens is 368 g/mol. The Morgan fingerprint density at radius 2 is 1.85 bits per heavy atom. The van der Waals surface area contributed by atoms with Crippen LogP contribution >= 0.6 is 7.37 Å². The molecule has 0 amide bonds. The van der Waals surface area contributed by atoms with Crippen molar-refractivity contribution in [1.82, 2.24) is 5.32 Å². The number of rotatable bonds is 6. The van der Waals surface area contributed by atoms with Gasteiger partial charge in [0.25, 0.3) is 0 Å². The summed E-state index contributed by atoms with van der Waals surface area (Å²) in [7, 11) is -3.38. The predicted molar refractivity (Wildman–Crippen MR) is 105 cm³/mol. The Kier molecular flexibility index (Phi) is 9.08. The third-order valence-electron chi connectivity index (χ3n) is 6.21. The van der Waals surface area contributed by atoms with Crippen LogP contribution in [0.5, 0.6) is 0 Å². The van der Waals surface area contributed by atoms with Crippen molar-refractivity contribution in [2.24, 2.45) is 11.8 Å². The number of hydrogen-bond donors (Lipinski definition) is 1. The van der Waals surface area contributed by atoms with Crippen LogP contribution in [0.25, 0.3) is 0 Å². The molecule has 146 valence electrons. The monoisotopic (exact) mass is 401 g/mol. The van der Waals surface area contributed by atoms with E-state index in [4.69, 9.17) is 4.74 Å². The van der Waals surface area contributed by atoms with Crippen LogP contribution in [0.1, 0.15) is 51.5 Å². The number of nitrogens with one attached hydrogen (secondary N) is 1. The molecule has 1 aliphatic heterocycles. The molecule has 1 aromatic carbocycles. The molecule has 3 atom stereocenters. The van der Waals surface area contributed by atoms with Crippen LogP contribution < -0.4 is 39.8 Å². The summed E-state index contributed by atoms with van der Waals surface area (Å²) < 4.78 is 18.8. The Bertz CT molecular complexity index is 611. The molecule has 27 heavy (non-hydrogen) atoms. The molecule has 1 saturated carbocycles. The van der Waals surface area contributed by atoms with E-state index in [0.29, 0.717) is 31.1 Å². The van der Waals surface area contributed by atoms with Crippen LogP contribution in [0, 0.1) is 11.8 Å². The van der Waals surface area contributed by atoms with E-state index < -0.39 is 7.37 Å². The molecule has 3 unspecified atom stereocenters. The average Bonchev–Trinajstić information content (AvgIpc) is 2.63. The molecule has 1 N–H and O–H groups in total. The maximum atomic E-state index is 12.7. The van der Waals surface area contributed by atoms with Gasteiger partial charge in [0, 0.05) is 20.1 Å². The Balaban J connectivity index is 0.00000261. The van der Waals surface area contributed by atoms with E-state index in [1.165, 1.54) is 24.8 Å². The largest absolute Gasteiger partial charge is 1.00 e. The topological polar surface area (TPSA) is 61.4 Å². The van der Waals surface area contributed by atoms with Gasteiger partial charge < -0.3 is 19.5 Å². The summed E-state index contributed by atoms with van der Waals surface area (Å²) in [5, 5.41) is 3.64. The number of benzene rings is 1. The summed E-state index contributed by atoms with van der Waals surface area (Å²) in [5.41, 5.74) is 0.967. The van der Waals surface area contributed by atoms with Crippen molar-refractivity contribution in [2.45, 2.75) is 57.6 Å². The third-order valence-corrected chi connectivity index (χ3v) is 8.25. The molecule has 0 radical (unpaired) electrons. The van der Waals surface area contributed by atoms with E-state index in [9.17, 15) is 9.46 Å². The standard InChI is InChI=1S/C21H34NO3P.Na/c1-17(2)21(19-11-7-4-8-12-19)16-25-20(13-22-21)15-26(23,24)14-18-9-5-3-6-10-18;/h4,7-8,11-12,17-18,20,22H,3,5-6,9-10,13-16H2,1-2H3,(H,23,24);/q;+1/p-1. The molecule has 0 aromatic heterocycles. The number of hydrogen-bond acceptors (Lipinski definition) is 4. The summed E-state index contributed by atoms with van der Waals surface area (Å²) in [6, 6.07) is 10.4.